The lowest BCUT2D eigenvalue weighted by atomic mass is 10.2. The molecule has 0 spiro atoms. The van der Waals surface area contributed by atoms with Gasteiger partial charge < -0.3 is 14.4 Å². The summed E-state index contributed by atoms with van der Waals surface area (Å²) in [4.78, 5) is 13.3. The molecule has 0 saturated carbocycles. The van der Waals surface area contributed by atoms with Crippen LogP contribution in [0.25, 0.3) is 0 Å². The molecule has 0 aliphatic heterocycles. The van der Waals surface area contributed by atoms with Crippen molar-refractivity contribution in [2.75, 3.05) is 26.8 Å². The van der Waals surface area contributed by atoms with E-state index in [1.807, 2.05) is 20.8 Å². The number of halogens is 1. The molecule has 0 unspecified atom stereocenters. The monoisotopic (exact) mass is 283 g/mol. The molecule has 0 N–H and O–H groups in total. The first-order valence-electron chi connectivity index (χ1n) is 6.54. The van der Waals surface area contributed by atoms with Crippen LogP contribution in [0.4, 0.5) is 4.39 Å². The number of carbonyl (C=O) groups excluding carboxylic acids is 1. The van der Waals surface area contributed by atoms with Crippen molar-refractivity contribution in [3.05, 3.63) is 30.1 Å². The number of rotatable bonds is 6. The zero-order valence-electron chi connectivity index (χ0n) is 12.5. The van der Waals surface area contributed by atoms with Crippen LogP contribution in [-0.2, 0) is 9.53 Å². The molecule has 0 aliphatic rings. The minimum Gasteiger partial charge on any atom is -0.492 e. The van der Waals surface area contributed by atoms with Crippen LogP contribution in [0.3, 0.4) is 0 Å². The molecule has 0 radical (unpaired) electrons. The molecule has 5 heteroatoms. The van der Waals surface area contributed by atoms with Gasteiger partial charge >= 0.3 is 0 Å². The number of ether oxygens (including phenoxy) is 2. The van der Waals surface area contributed by atoms with Crippen molar-refractivity contribution >= 4 is 5.91 Å². The second kappa shape index (κ2) is 7.24. The highest BCUT2D eigenvalue weighted by molar-refractivity contribution is 5.77. The van der Waals surface area contributed by atoms with Gasteiger partial charge in [-0.2, -0.15) is 0 Å². The topological polar surface area (TPSA) is 38.8 Å². The Labute approximate surface area is 119 Å². The van der Waals surface area contributed by atoms with Gasteiger partial charge in [0.25, 0.3) is 0 Å². The van der Waals surface area contributed by atoms with Crippen molar-refractivity contribution in [2.24, 2.45) is 0 Å². The van der Waals surface area contributed by atoms with Crippen LogP contribution in [0.1, 0.15) is 20.8 Å². The number of benzene rings is 1. The molecule has 0 aliphatic carbocycles. The van der Waals surface area contributed by atoms with E-state index in [0.29, 0.717) is 18.9 Å². The van der Waals surface area contributed by atoms with E-state index in [1.165, 1.54) is 12.1 Å². The van der Waals surface area contributed by atoms with Gasteiger partial charge in [0.1, 0.15) is 24.8 Å². The molecule has 1 aromatic rings. The van der Waals surface area contributed by atoms with Gasteiger partial charge in [0.2, 0.25) is 5.91 Å². The van der Waals surface area contributed by atoms with Crippen LogP contribution in [0.15, 0.2) is 24.3 Å². The first-order valence-corrected chi connectivity index (χ1v) is 6.54. The number of hydrogen-bond acceptors (Lipinski definition) is 3. The molecule has 20 heavy (non-hydrogen) atoms. The standard InChI is InChI=1S/C15H22FNO3/c1-15(2,3)20-11-14(18)17(4)9-10-19-13-7-5-12(16)6-8-13/h5-8H,9-11H2,1-4H3. The zero-order valence-corrected chi connectivity index (χ0v) is 12.5. The van der Waals surface area contributed by atoms with Gasteiger partial charge in [0.05, 0.1) is 12.1 Å². The van der Waals surface area contributed by atoms with Crippen molar-refractivity contribution in [3.63, 3.8) is 0 Å². The maximum atomic E-state index is 12.7. The second-order valence-electron chi connectivity index (χ2n) is 5.52. The SMILES string of the molecule is CN(CCOc1ccc(F)cc1)C(=O)COC(C)(C)C. The highest BCUT2D eigenvalue weighted by Gasteiger charge is 2.15. The minimum absolute atomic E-state index is 0.0521. The Bertz CT molecular complexity index is 426. The molecule has 0 saturated heterocycles. The molecule has 4 nitrogen and oxygen atoms in total. The zero-order chi connectivity index (χ0) is 15.2. The molecule has 0 heterocycles. The summed E-state index contributed by atoms with van der Waals surface area (Å²) in [5.41, 5.74) is -0.332. The molecule has 1 rings (SSSR count). The van der Waals surface area contributed by atoms with Gasteiger partial charge in [-0.15, -0.1) is 0 Å². The van der Waals surface area contributed by atoms with Gasteiger partial charge in [-0.1, -0.05) is 0 Å². The van der Waals surface area contributed by atoms with Crippen molar-refractivity contribution in [1.29, 1.82) is 0 Å². The van der Waals surface area contributed by atoms with Crippen molar-refractivity contribution < 1.29 is 18.7 Å². The molecule has 0 aromatic heterocycles. The Balaban J connectivity index is 2.27. The fourth-order valence-electron chi connectivity index (χ4n) is 1.34. The van der Waals surface area contributed by atoms with Crippen LogP contribution >= 0.6 is 0 Å². The minimum atomic E-state index is -0.332. The van der Waals surface area contributed by atoms with E-state index >= 15 is 0 Å². The molecule has 0 atom stereocenters. The summed E-state index contributed by atoms with van der Waals surface area (Å²) in [5, 5.41) is 0. The fraction of sp³-hybridized carbons (Fsp3) is 0.533. The summed E-state index contributed by atoms with van der Waals surface area (Å²) >= 11 is 0. The molecular formula is C15H22FNO3. The highest BCUT2D eigenvalue weighted by atomic mass is 19.1. The van der Waals surface area contributed by atoms with Crippen LogP contribution in [0.2, 0.25) is 0 Å². The van der Waals surface area contributed by atoms with Gasteiger partial charge in [-0.25, -0.2) is 4.39 Å². The lowest BCUT2D eigenvalue weighted by Gasteiger charge is -2.22. The van der Waals surface area contributed by atoms with Crippen LogP contribution < -0.4 is 4.74 Å². The lowest BCUT2D eigenvalue weighted by molar-refractivity contribution is -0.140. The second-order valence-corrected chi connectivity index (χ2v) is 5.52. The predicted molar refractivity (Wildman–Crippen MR) is 75.2 cm³/mol. The molecule has 0 fully saturated rings. The molecule has 112 valence electrons. The molecular weight excluding hydrogens is 261 g/mol. The molecule has 1 amide bonds. The van der Waals surface area contributed by atoms with Crippen molar-refractivity contribution in [1.82, 2.24) is 4.90 Å². The molecule has 0 bridgehead atoms. The summed E-state index contributed by atoms with van der Waals surface area (Å²) in [6, 6.07) is 5.78. The summed E-state index contributed by atoms with van der Waals surface area (Å²) in [7, 11) is 1.70. The quantitative estimate of drug-likeness (QED) is 0.805. The van der Waals surface area contributed by atoms with E-state index in [1.54, 1.807) is 24.1 Å². The van der Waals surface area contributed by atoms with Crippen molar-refractivity contribution in [3.8, 4) is 5.75 Å². The smallest absolute Gasteiger partial charge is 0.248 e. The van der Waals surface area contributed by atoms with Crippen LogP contribution in [0, 0.1) is 5.82 Å². The van der Waals surface area contributed by atoms with Crippen molar-refractivity contribution in [2.45, 2.75) is 26.4 Å². The Morgan fingerprint density at radius 3 is 2.40 bits per heavy atom. The first-order chi connectivity index (χ1) is 9.28. The maximum Gasteiger partial charge on any atom is 0.248 e. The lowest BCUT2D eigenvalue weighted by Crippen LogP contribution is -2.36. The Kier molecular flexibility index (Phi) is 5.95. The maximum absolute atomic E-state index is 12.7. The van der Waals surface area contributed by atoms with E-state index in [4.69, 9.17) is 9.47 Å². The normalized spacial score (nSPS) is 11.2. The number of amides is 1. The summed E-state index contributed by atoms with van der Waals surface area (Å²) in [6.07, 6.45) is 0. The molecule has 1 aromatic carbocycles. The summed E-state index contributed by atoms with van der Waals surface area (Å²) in [6.45, 7) is 6.55. The third kappa shape index (κ3) is 6.52. The fourth-order valence-corrected chi connectivity index (χ4v) is 1.34. The Hall–Kier alpha value is -1.62. The van der Waals surface area contributed by atoms with Crippen LogP contribution in [-0.4, -0.2) is 43.2 Å². The average molecular weight is 283 g/mol. The summed E-state index contributed by atoms with van der Waals surface area (Å²) < 4.78 is 23.5. The average Bonchev–Trinajstić information content (AvgIpc) is 2.37. The van der Waals surface area contributed by atoms with E-state index in [-0.39, 0.29) is 23.9 Å². The summed E-state index contributed by atoms with van der Waals surface area (Å²) in [5.74, 6) is 0.185. The third-order valence-corrected chi connectivity index (χ3v) is 2.56. The largest absolute Gasteiger partial charge is 0.492 e. The Morgan fingerprint density at radius 1 is 1.25 bits per heavy atom. The van der Waals surface area contributed by atoms with E-state index in [9.17, 15) is 9.18 Å². The van der Waals surface area contributed by atoms with E-state index in [0.717, 1.165) is 0 Å². The third-order valence-electron chi connectivity index (χ3n) is 2.56. The Morgan fingerprint density at radius 2 is 1.85 bits per heavy atom. The number of carbonyl (C=O) groups is 1. The number of hydrogen-bond donors (Lipinski definition) is 0. The van der Waals surface area contributed by atoms with Gasteiger partial charge in [-0.3, -0.25) is 4.79 Å². The van der Waals surface area contributed by atoms with Gasteiger partial charge in [-0.05, 0) is 45.0 Å². The highest BCUT2D eigenvalue weighted by Crippen LogP contribution is 2.11. The van der Waals surface area contributed by atoms with Gasteiger partial charge in [0.15, 0.2) is 0 Å². The van der Waals surface area contributed by atoms with E-state index in [2.05, 4.69) is 0 Å². The predicted octanol–water partition coefficient (Wildman–Crippen LogP) is 2.48. The van der Waals surface area contributed by atoms with E-state index < -0.39 is 0 Å². The number of nitrogens with zero attached hydrogens (tertiary/aromatic N) is 1. The van der Waals surface area contributed by atoms with Gasteiger partial charge in [0, 0.05) is 7.05 Å². The first kappa shape index (κ1) is 16.4. The van der Waals surface area contributed by atoms with Crippen LogP contribution in [0.5, 0.6) is 5.75 Å². The number of likely N-dealkylation sites (N-methyl/N-ethyl adjacent to an activating group) is 1.